The molecule has 0 saturated carbocycles. The van der Waals surface area contributed by atoms with Crippen LogP contribution >= 0.6 is 16.1 Å². The number of carboxylic acids is 1. The minimum Gasteiger partial charge on any atom is -0.481 e. The zero-order valence-corrected chi connectivity index (χ0v) is 10.9. The van der Waals surface area contributed by atoms with E-state index in [0.717, 1.165) is 19.4 Å². The quantitative estimate of drug-likeness (QED) is 0.450. The lowest BCUT2D eigenvalue weighted by atomic mass is 10.1. The Labute approximate surface area is 101 Å². The SMILES string of the molecule is O=C(O)CCCCCCCCCCNBr. The van der Waals surface area contributed by atoms with Crippen LogP contribution in [0.5, 0.6) is 0 Å². The molecule has 0 aromatic rings. The van der Waals surface area contributed by atoms with Crippen LogP contribution in [0.15, 0.2) is 0 Å². The molecule has 0 saturated heterocycles. The van der Waals surface area contributed by atoms with Gasteiger partial charge in [-0.3, -0.25) is 9.14 Å². The molecule has 0 aromatic carbocycles. The van der Waals surface area contributed by atoms with E-state index in [1.54, 1.807) is 0 Å². The number of aliphatic carboxylic acids is 1. The molecular formula is C11H22BrNO2. The van der Waals surface area contributed by atoms with Crippen molar-refractivity contribution in [1.29, 1.82) is 0 Å². The summed E-state index contributed by atoms with van der Waals surface area (Å²) in [6, 6.07) is 0. The van der Waals surface area contributed by atoms with Crippen LogP contribution in [0.3, 0.4) is 0 Å². The molecule has 0 aliphatic carbocycles. The Morgan fingerprint density at radius 3 is 1.87 bits per heavy atom. The number of halogens is 1. The highest BCUT2D eigenvalue weighted by molar-refractivity contribution is 9.08. The molecule has 3 nitrogen and oxygen atoms in total. The summed E-state index contributed by atoms with van der Waals surface area (Å²) in [5.41, 5.74) is 0. The first-order chi connectivity index (χ1) is 7.27. The van der Waals surface area contributed by atoms with Gasteiger partial charge in [-0.2, -0.15) is 0 Å². The monoisotopic (exact) mass is 279 g/mol. The van der Waals surface area contributed by atoms with Crippen molar-refractivity contribution in [1.82, 2.24) is 4.34 Å². The first-order valence-corrected chi connectivity index (χ1v) is 6.62. The Kier molecular flexibility index (Phi) is 11.9. The van der Waals surface area contributed by atoms with Crippen molar-refractivity contribution in [3.63, 3.8) is 0 Å². The first kappa shape index (κ1) is 14.9. The van der Waals surface area contributed by atoms with Crippen molar-refractivity contribution < 1.29 is 9.90 Å². The molecule has 0 amide bonds. The maximum atomic E-state index is 10.2. The topological polar surface area (TPSA) is 49.3 Å². The zero-order valence-electron chi connectivity index (χ0n) is 9.30. The van der Waals surface area contributed by atoms with Crippen LogP contribution in [-0.4, -0.2) is 17.6 Å². The molecule has 0 fully saturated rings. The molecule has 0 aliphatic heterocycles. The molecule has 0 radical (unpaired) electrons. The number of hydrogen-bond acceptors (Lipinski definition) is 2. The average molecular weight is 280 g/mol. The lowest BCUT2D eigenvalue weighted by Crippen LogP contribution is -1.99. The third kappa shape index (κ3) is 13.9. The van der Waals surface area contributed by atoms with Crippen LogP contribution in [0, 0.1) is 0 Å². The predicted molar refractivity (Wildman–Crippen MR) is 66.1 cm³/mol. The van der Waals surface area contributed by atoms with Gasteiger partial charge in [0, 0.05) is 29.1 Å². The van der Waals surface area contributed by atoms with Crippen LogP contribution in [0.25, 0.3) is 0 Å². The van der Waals surface area contributed by atoms with Gasteiger partial charge in [0.1, 0.15) is 0 Å². The molecule has 0 unspecified atom stereocenters. The lowest BCUT2D eigenvalue weighted by Gasteiger charge is -2.01. The maximum absolute atomic E-state index is 10.2. The van der Waals surface area contributed by atoms with E-state index in [0.29, 0.717) is 6.42 Å². The van der Waals surface area contributed by atoms with Crippen LogP contribution in [0.2, 0.25) is 0 Å². The number of unbranched alkanes of at least 4 members (excludes halogenated alkanes) is 7. The van der Waals surface area contributed by atoms with E-state index in [-0.39, 0.29) is 0 Å². The summed E-state index contributed by atoms with van der Waals surface area (Å²) >= 11 is 3.17. The summed E-state index contributed by atoms with van der Waals surface area (Å²) in [6.07, 6.45) is 9.77. The Hall–Kier alpha value is -0.0900. The Morgan fingerprint density at radius 2 is 1.40 bits per heavy atom. The van der Waals surface area contributed by atoms with Crippen molar-refractivity contribution in [2.24, 2.45) is 0 Å². The molecule has 4 heteroatoms. The van der Waals surface area contributed by atoms with Gasteiger partial charge in [0.25, 0.3) is 0 Å². The Bertz CT molecular complexity index is 154. The standard InChI is InChI=1S/C11H22BrNO2/c12-13-10-8-6-4-2-1-3-5-7-9-11(14)15/h13H,1-10H2,(H,14,15). The van der Waals surface area contributed by atoms with Gasteiger partial charge in [-0.15, -0.1) is 0 Å². The molecule has 90 valence electrons. The van der Waals surface area contributed by atoms with E-state index >= 15 is 0 Å². The summed E-state index contributed by atoms with van der Waals surface area (Å²) in [7, 11) is 0. The van der Waals surface area contributed by atoms with Crippen molar-refractivity contribution in [2.45, 2.75) is 57.8 Å². The second kappa shape index (κ2) is 12.0. The maximum Gasteiger partial charge on any atom is 0.303 e. The molecule has 0 aromatic heterocycles. The molecule has 0 heterocycles. The summed E-state index contributed by atoms with van der Waals surface area (Å²) in [6.45, 7) is 1.04. The minimum absolute atomic E-state index is 0.330. The van der Waals surface area contributed by atoms with Crippen molar-refractivity contribution in [3.8, 4) is 0 Å². The summed E-state index contributed by atoms with van der Waals surface area (Å²) in [5, 5.41) is 8.43. The van der Waals surface area contributed by atoms with Gasteiger partial charge >= 0.3 is 5.97 Å². The minimum atomic E-state index is -0.669. The fourth-order valence-electron chi connectivity index (χ4n) is 1.53. The van der Waals surface area contributed by atoms with Crippen LogP contribution in [-0.2, 0) is 4.79 Å². The third-order valence-electron chi connectivity index (χ3n) is 2.41. The van der Waals surface area contributed by atoms with Crippen molar-refractivity contribution in [3.05, 3.63) is 0 Å². The zero-order chi connectivity index (χ0) is 11.4. The van der Waals surface area contributed by atoms with E-state index in [2.05, 4.69) is 20.5 Å². The van der Waals surface area contributed by atoms with Gasteiger partial charge in [0.15, 0.2) is 0 Å². The highest BCUT2D eigenvalue weighted by Gasteiger charge is 1.96. The largest absolute Gasteiger partial charge is 0.481 e. The first-order valence-electron chi connectivity index (χ1n) is 5.82. The summed E-state index contributed by atoms with van der Waals surface area (Å²) in [4.78, 5) is 10.2. The fourth-order valence-corrected chi connectivity index (χ4v) is 1.81. The number of carboxylic acid groups (broad SMARTS) is 1. The molecular weight excluding hydrogens is 258 g/mol. The molecule has 15 heavy (non-hydrogen) atoms. The second-order valence-electron chi connectivity index (χ2n) is 3.86. The summed E-state index contributed by atoms with van der Waals surface area (Å²) in [5.74, 6) is -0.669. The van der Waals surface area contributed by atoms with Gasteiger partial charge in [0.2, 0.25) is 0 Å². The number of carbonyl (C=O) groups is 1. The van der Waals surface area contributed by atoms with E-state index in [1.165, 1.54) is 38.5 Å². The van der Waals surface area contributed by atoms with Gasteiger partial charge in [-0.25, -0.2) is 0 Å². The normalized spacial score (nSPS) is 10.5. The smallest absolute Gasteiger partial charge is 0.303 e. The van der Waals surface area contributed by atoms with Gasteiger partial charge < -0.3 is 5.11 Å². The van der Waals surface area contributed by atoms with Gasteiger partial charge in [-0.1, -0.05) is 38.5 Å². The lowest BCUT2D eigenvalue weighted by molar-refractivity contribution is -0.137. The number of nitrogens with one attached hydrogen (secondary N) is 1. The highest BCUT2D eigenvalue weighted by atomic mass is 79.9. The predicted octanol–water partition coefficient (Wildman–Crippen LogP) is 3.48. The molecule has 0 atom stereocenters. The van der Waals surface area contributed by atoms with E-state index in [4.69, 9.17) is 5.11 Å². The van der Waals surface area contributed by atoms with Crippen LogP contribution < -0.4 is 4.34 Å². The number of rotatable bonds is 11. The van der Waals surface area contributed by atoms with Crippen molar-refractivity contribution in [2.75, 3.05) is 6.54 Å². The van der Waals surface area contributed by atoms with E-state index < -0.39 is 5.97 Å². The Morgan fingerprint density at radius 1 is 0.933 bits per heavy atom. The van der Waals surface area contributed by atoms with Gasteiger partial charge in [0.05, 0.1) is 0 Å². The molecule has 0 bridgehead atoms. The third-order valence-corrected chi connectivity index (χ3v) is 2.81. The van der Waals surface area contributed by atoms with Gasteiger partial charge in [-0.05, 0) is 12.8 Å². The molecule has 0 aliphatic rings. The Balaban J connectivity index is 2.89. The fraction of sp³-hybridized carbons (Fsp3) is 0.909. The number of hydrogen-bond donors (Lipinski definition) is 2. The highest BCUT2D eigenvalue weighted by Crippen LogP contribution is 2.09. The average Bonchev–Trinajstić information content (AvgIpc) is 2.20. The second-order valence-corrected chi connectivity index (χ2v) is 4.42. The molecule has 0 rings (SSSR count). The summed E-state index contributed by atoms with van der Waals surface area (Å²) < 4.78 is 2.95. The molecule has 0 spiro atoms. The van der Waals surface area contributed by atoms with E-state index in [1.807, 2.05) is 0 Å². The molecule has 2 N–H and O–H groups in total. The van der Waals surface area contributed by atoms with Crippen LogP contribution in [0.4, 0.5) is 0 Å². The van der Waals surface area contributed by atoms with E-state index in [9.17, 15) is 4.79 Å². The van der Waals surface area contributed by atoms with Crippen molar-refractivity contribution >= 4 is 22.1 Å². The van der Waals surface area contributed by atoms with Crippen LogP contribution in [0.1, 0.15) is 57.8 Å².